The first-order valence-electron chi connectivity index (χ1n) is 10.8. The summed E-state index contributed by atoms with van der Waals surface area (Å²) in [6.07, 6.45) is 1.49. The number of carbonyl (C=O) groups excluding carboxylic acids is 2. The Hall–Kier alpha value is -4.34. The molecule has 2 aromatic carbocycles. The van der Waals surface area contributed by atoms with E-state index in [1.165, 1.54) is 24.7 Å². The molecule has 9 heteroatoms. The molecule has 36 heavy (non-hydrogen) atoms. The van der Waals surface area contributed by atoms with E-state index in [9.17, 15) is 9.59 Å². The van der Waals surface area contributed by atoms with Crippen molar-refractivity contribution in [3.63, 3.8) is 0 Å². The maximum Gasteiger partial charge on any atom is 0.353 e. The highest BCUT2D eigenvalue weighted by Gasteiger charge is 2.15. The Morgan fingerprint density at radius 2 is 1.78 bits per heavy atom. The van der Waals surface area contributed by atoms with Crippen LogP contribution in [0.3, 0.4) is 0 Å². The first-order valence-corrected chi connectivity index (χ1v) is 12.6. The zero-order valence-electron chi connectivity index (χ0n) is 19.0. The zero-order valence-corrected chi connectivity index (χ0v) is 20.6. The number of fused-ring (bicyclic) bond motifs is 1. The summed E-state index contributed by atoms with van der Waals surface area (Å²) >= 11 is 2.86. The smallest absolute Gasteiger partial charge is 0.353 e. The Morgan fingerprint density at radius 3 is 2.56 bits per heavy atom. The van der Waals surface area contributed by atoms with Crippen molar-refractivity contribution in [2.45, 2.75) is 0 Å². The van der Waals surface area contributed by atoms with E-state index >= 15 is 0 Å². The molecule has 1 amide bonds. The number of hydrogen-bond acceptors (Lipinski definition) is 8. The molecule has 0 saturated carbocycles. The summed E-state index contributed by atoms with van der Waals surface area (Å²) in [5.41, 5.74) is 5.20. The maximum atomic E-state index is 13.1. The van der Waals surface area contributed by atoms with Gasteiger partial charge in [0.15, 0.2) is 11.5 Å². The number of carbonyl (C=O) groups is 2. The van der Waals surface area contributed by atoms with Gasteiger partial charge in [0.2, 0.25) is 0 Å². The van der Waals surface area contributed by atoms with Crippen LogP contribution in [-0.4, -0.2) is 30.2 Å². The van der Waals surface area contributed by atoms with E-state index < -0.39 is 5.97 Å². The summed E-state index contributed by atoms with van der Waals surface area (Å²) in [7, 11) is 1.49. The molecular formula is C27H19N3O4S2. The second kappa shape index (κ2) is 10.5. The van der Waals surface area contributed by atoms with Crippen molar-refractivity contribution in [3.8, 4) is 22.1 Å². The number of thiophene rings is 2. The number of para-hydroxylation sites is 1. The van der Waals surface area contributed by atoms with Crippen LogP contribution < -0.4 is 14.9 Å². The number of hydrazone groups is 1. The number of amides is 1. The van der Waals surface area contributed by atoms with E-state index in [2.05, 4.69) is 10.5 Å². The minimum absolute atomic E-state index is 0.293. The van der Waals surface area contributed by atoms with Crippen molar-refractivity contribution in [2.24, 2.45) is 5.10 Å². The minimum atomic E-state index is -0.455. The number of aromatic nitrogens is 1. The van der Waals surface area contributed by atoms with E-state index in [1.807, 2.05) is 41.8 Å². The second-order valence-corrected chi connectivity index (χ2v) is 9.42. The van der Waals surface area contributed by atoms with Crippen LogP contribution in [0.2, 0.25) is 0 Å². The SMILES string of the molecule is COc1cc(C=NNC(=O)c2cc(-c3cccs3)nc3ccccc23)ccc1OC(=O)c1cccs1. The molecule has 5 rings (SSSR count). The average molecular weight is 514 g/mol. The van der Waals surface area contributed by atoms with Crippen LogP contribution in [0.25, 0.3) is 21.5 Å². The maximum absolute atomic E-state index is 13.1. The van der Waals surface area contributed by atoms with Gasteiger partial charge in [0.1, 0.15) is 4.88 Å². The number of nitrogens with one attached hydrogen (secondary N) is 1. The highest BCUT2D eigenvalue weighted by atomic mass is 32.1. The molecule has 1 N–H and O–H groups in total. The number of pyridine rings is 1. The number of hydrogen-bond donors (Lipinski definition) is 1. The molecule has 3 aromatic heterocycles. The van der Waals surface area contributed by atoms with Gasteiger partial charge in [-0.2, -0.15) is 5.10 Å². The Morgan fingerprint density at radius 1 is 0.944 bits per heavy atom. The van der Waals surface area contributed by atoms with Crippen molar-refractivity contribution in [2.75, 3.05) is 7.11 Å². The van der Waals surface area contributed by atoms with Crippen LogP contribution in [0.15, 0.2) is 88.7 Å². The summed E-state index contributed by atoms with van der Waals surface area (Å²) in [5.74, 6) is -0.142. The number of methoxy groups -OCH3 is 1. The fourth-order valence-corrected chi connectivity index (χ4v) is 4.82. The molecule has 0 unspecified atom stereocenters. The molecule has 0 bridgehead atoms. The normalized spacial score (nSPS) is 11.0. The molecular weight excluding hydrogens is 494 g/mol. The second-order valence-electron chi connectivity index (χ2n) is 7.53. The molecule has 0 spiro atoms. The molecule has 7 nitrogen and oxygen atoms in total. The van der Waals surface area contributed by atoms with Crippen molar-refractivity contribution in [1.82, 2.24) is 10.4 Å². The van der Waals surface area contributed by atoms with Crippen LogP contribution in [0.5, 0.6) is 11.5 Å². The molecule has 5 aromatic rings. The van der Waals surface area contributed by atoms with Crippen LogP contribution in [0.4, 0.5) is 0 Å². The van der Waals surface area contributed by atoms with Crippen LogP contribution in [-0.2, 0) is 0 Å². The lowest BCUT2D eigenvalue weighted by atomic mass is 10.1. The summed E-state index contributed by atoms with van der Waals surface area (Å²) in [6, 6.07) is 21.7. The topological polar surface area (TPSA) is 89.9 Å². The summed E-state index contributed by atoms with van der Waals surface area (Å²) in [4.78, 5) is 31.5. The van der Waals surface area contributed by atoms with E-state index in [-0.39, 0.29) is 5.91 Å². The molecule has 0 aliphatic carbocycles. The third-order valence-corrected chi connectivity index (χ3v) is 6.97. The number of ether oxygens (including phenoxy) is 2. The van der Waals surface area contributed by atoms with E-state index in [1.54, 1.807) is 53.1 Å². The molecule has 0 aliphatic rings. The van der Waals surface area contributed by atoms with Crippen molar-refractivity contribution in [1.29, 1.82) is 0 Å². The van der Waals surface area contributed by atoms with Crippen LogP contribution in [0, 0.1) is 0 Å². The van der Waals surface area contributed by atoms with Gasteiger partial charge in [0, 0.05) is 5.39 Å². The largest absolute Gasteiger partial charge is 0.493 e. The summed E-state index contributed by atoms with van der Waals surface area (Å²) in [6.45, 7) is 0. The first-order chi connectivity index (χ1) is 17.6. The van der Waals surface area contributed by atoms with Crippen LogP contribution >= 0.6 is 22.7 Å². The number of rotatable bonds is 7. The van der Waals surface area contributed by atoms with Crippen molar-refractivity contribution >= 4 is 51.7 Å². The molecule has 178 valence electrons. The van der Waals surface area contributed by atoms with Gasteiger partial charge in [-0.1, -0.05) is 30.3 Å². The van der Waals surface area contributed by atoms with Gasteiger partial charge in [-0.25, -0.2) is 15.2 Å². The molecule has 0 aliphatic heterocycles. The van der Waals surface area contributed by atoms with Gasteiger partial charge >= 0.3 is 5.97 Å². The fraction of sp³-hybridized carbons (Fsp3) is 0.0370. The Kier molecular flexibility index (Phi) is 6.83. The molecule has 0 radical (unpaired) electrons. The van der Waals surface area contributed by atoms with Gasteiger partial charge in [0.05, 0.1) is 35.0 Å². The summed E-state index contributed by atoms with van der Waals surface area (Å²) in [5, 5.41) is 8.64. The van der Waals surface area contributed by atoms with Gasteiger partial charge in [-0.05, 0) is 58.8 Å². The minimum Gasteiger partial charge on any atom is -0.493 e. The average Bonchev–Trinajstić information content (AvgIpc) is 3.64. The van der Waals surface area contributed by atoms with E-state index in [0.29, 0.717) is 27.5 Å². The predicted molar refractivity (Wildman–Crippen MR) is 142 cm³/mol. The monoisotopic (exact) mass is 513 g/mol. The lowest BCUT2D eigenvalue weighted by Gasteiger charge is -2.09. The Bertz CT molecular complexity index is 1560. The Balaban J connectivity index is 1.34. The van der Waals surface area contributed by atoms with Gasteiger partial charge in [-0.15, -0.1) is 22.7 Å². The van der Waals surface area contributed by atoms with E-state index in [4.69, 9.17) is 14.5 Å². The summed E-state index contributed by atoms with van der Waals surface area (Å²) < 4.78 is 10.8. The third kappa shape index (κ3) is 5.02. The first kappa shape index (κ1) is 23.4. The molecule has 0 saturated heterocycles. The fourth-order valence-electron chi connectivity index (χ4n) is 3.53. The van der Waals surface area contributed by atoms with Crippen molar-refractivity contribution in [3.05, 3.63) is 99.6 Å². The molecule has 0 atom stereocenters. The van der Waals surface area contributed by atoms with Crippen molar-refractivity contribution < 1.29 is 19.1 Å². The zero-order chi connectivity index (χ0) is 24.9. The third-order valence-electron chi connectivity index (χ3n) is 5.23. The highest BCUT2D eigenvalue weighted by Crippen LogP contribution is 2.29. The highest BCUT2D eigenvalue weighted by molar-refractivity contribution is 7.13. The predicted octanol–water partition coefficient (Wildman–Crippen LogP) is 6.02. The van der Waals surface area contributed by atoms with Crippen LogP contribution in [0.1, 0.15) is 25.6 Å². The van der Waals surface area contributed by atoms with Gasteiger partial charge in [-0.3, -0.25) is 4.79 Å². The molecule has 0 fully saturated rings. The number of benzene rings is 2. The van der Waals surface area contributed by atoms with Gasteiger partial charge in [0.25, 0.3) is 5.91 Å². The lowest BCUT2D eigenvalue weighted by Crippen LogP contribution is -2.18. The standard InChI is InChI=1S/C27H19N3O4S2/c1-33-23-14-17(10-11-22(23)34-27(32)25-9-5-13-36-25)16-28-30-26(31)19-15-21(24-8-4-12-35-24)29-20-7-3-2-6-18(19)20/h2-16H,1H3,(H,30,31). The molecule has 3 heterocycles. The lowest BCUT2D eigenvalue weighted by molar-refractivity contribution is 0.0734. The Labute approximate surface area is 214 Å². The number of nitrogens with zero attached hydrogens (tertiary/aromatic N) is 2. The number of esters is 1. The van der Waals surface area contributed by atoms with E-state index in [0.717, 1.165) is 21.5 Å². The van der Waals surface area contributed by atoms with Gasteiger partial charge < -0.3 is 9.47 Å². The quantitative estimate of drug-likeness (QED) is 0.124.